The molecule has 0 radical (unpaired) electrons. The number of carbonyl (C=O) groups is 3. The molecule has 1 aromatic rings. The van der Waals surface area contributed by atoms with E-state index in [0.717, 1.165) is 16.7 Å². The van der Waals surface area contributed by atoms with Crippen molar-refractivity contribution in [3.8, 4) is 0 Å². The van der Waals surface area contributed by atoms with Crippen LogP contribution in [-0.4, -0.2) is 34.2 Å². The number of aryl methyl sites for hydroxylation is 1. The first-order chi connectivity index (χ1) is 10.2. The Kier molecular flexibility index (Phi) is 4.46. The van der Waals surface area contributed by atoms with Gasteiger partial charge in [-0.3, -0.25) is 19.3 Å². The quantitative estimate of drug-likeness (QED) is 0.629. The number of nitrogens with zero attached hydrogens (tertiary/aromatic N) is 1. The Balaban J connectivity index is 2.09. The van der Waals surface area contributed by atoms with E-state index < -0.39 is 29.3 Å². The molecule has 1 fully saturated rings. The minimum atomic E-state index is -0.666. The van der Waals surface area contributed by atoms with Crippen molar-refractivity contribution in [2.45, 2.75) is 33.3 Å². The van der Waals surface area contributed by atoms with Crippen LogP contribution >= 0.6 is 11.8 Å². The first-order valence-corrected chi connectivity index (χ1v) is 7.51. The second kappa shape index (κ2) is 6.00. The second-order valence-electron chi connectivity index (χ2n) is 5.80. The van der Waals surface area contributed by atoms with Crippen LogP contribution < -0.4 is 0 Å². The molecule has 1 aliphatic heterocycles. The molecule has 7 heteroatoms. The van der Waals surface area contributed by atoms with Gasteiger partial charge in [0.25, 0.3) is 11.1 Å². The molecule has 0 saturated carbocycles. The number of furan rings is 1. The van der Waals surface area contributed by atoms with Crippen molar-refractivity contribution >= 4 is 35.0 Å². The van der Waals surface area contributed by atoms with Crippen LogP contribution in [0.4, 0.5) is 4.79 Å². The van der Waals surface area contributed by atoms with Crippen LogP contribution in [-0.2, 0) is 14.3 Å². The Morgan fingerprint density at radius 2 is 2.05 bits per heavy atom. The lowest BCUT2D eigenvalue weighted by atomic mass is 10.2. The molecular weight excluding hydrogens is 306 g/mol. The van der Waals surface area contributed by atoms with Gasteiger partial charge in [-0.2, -0.15) is 0 Å². The van der Waals surface area contributed by atoms with E-state index in [4.69, 9.17) is 9.15 Å². The van der Waals surface area contributed by atoms with Crippen molar-refractivity contribution < 1.29 is 23.5 Å². The van der Waals surface area contributed by atoms with Gasteiger partial charge in [0, 0.05) is 6.08 Å². The summed E-state index contributed by atoms with van der Waals surface area (Å²) in [6.45, 7) is 6.55. The molecule has 0 aliphatic carbocycles. The Labute approximate surface area is 132 Å². The van der Waals surface area contributed by atoms with Gasteiger partial charge in [-0.05, 0) is 51.6 Å². The van der Waals surface area contributed by atoms with Gasteiger partial charge in [0.05, 0.1) is 4.91 Å². The molecule has 0 bridgehead atoms. The van der Waals surface area contributed by atoms with Crippen molar-refractivity contribution in [3.05, 3.63) is 28.6 Å². The number of amides is 2. The monoisotopic (exact) mass is 323 g/mol. The maximum absolute atomic E-state index is 12.2. The van der Waals surface area contributed by atoms with Crippen molar-refractivity contribution in [2.75, 3.05) is 6.54 Å². The smallest absolute Gasteiger partial charge is 0.326 e. The van der Waals surface area contributed by atoms with Crippen LogP contribution in [0, 0.1) is 6.92 Å². The van der Waals surface area contributed by atoms with Crippen molar-refractivity contribution in [1.82, 2.24) is 4.90 Å². The minimum absolute atomic E-state index is 0.225. The molecular formula is C15H17NO5S. The molecule has 1 saturated heterocycles. The zero-order valence-corrected chi connectivity index (χ0v) is 13.7. The summed E-state index contributed by atoms with van der Waals surface area (Å²) in [5.41, 5.74) is -0.666. The lowest BCUT2D eigenvalue weighted by Gasteiger charge is -2.21. The third-order valence-corrected chi connectivity index (χ3v) is 3.52. The fourth-order valence-corrected chi connectivity index (χ4v) is 2.62. The minimum Gasteiger partial charge on any atom is -0.462 e. The predicted octanol–water partition coefficient (Wildman–Crippen LogP) is 2.97. The summed E-state index contributed by atoms with van der Waals surface area (Å²) < 4.78 is 10.5. The summed E-state index contributed by atoms with van der Waals surface area (Å²) in [5, 5.41) is -0.495. The number of thioether (sulfide) groups is 1. The van der Waals surface area contributed by atoms with Crippen LogP contribution in [0.3, 0.4) is 0 Å². The first kappa shape index (κ1) is 16.4. The molecule has 2 rings (SSSR count). The maximum Gasteiger partial charge on any atom is 0.326 e. The standard InChI is InChI=1S/C15H17NO5S/c1-9-5-6-10(20-9)7-11-13(18)16(14(19)22-11)8-12(17)21-15(2,3)4/h5-7H,8H2,1-4H3. The summed E-state index contributed by atoms with van der Waals surface area (Å²) in [6.07, 6.45) is 1.49. The van der Waals surface area contributed by atoms with E-state index in [2.05, 4.69) is 0 Å². The van der Waals surface area contributed by atoms with Gasteiger partial charge >= 0.3 is 5.97 Å². The molecule has 2 amide bonds. The number of esters is 1. The van der Waals surface area contributed by atoms with Crippen molar-refractivity contribution in [1.29, 1.82) is 0 Å². The van der Waals surface area contributed by atoms with Gasteiger partial charge in [0.1, 0.15) is 23.7 Å². The van der Waals surface area contributed by atoms with E-state index in [0.29, 0.717) is 11.5 Å². The van der Waals surface area contributed by atoms with E-state index >= 15 is 0 Å². The lowest BCUT2D eigenvalue weighted by Crippen LogP contribution is -2.37. The third-order valence-electron chi connectivity index (χ3n) is 2.62. The molecule has 1 aliphatic rings. The Morgan fingerprint density at radius 3 is 2.59 bits per heavy atom. The van der Waals surface area contributed by atoms with Crippen LogP contribution in [0.5, 0.6) is 0 Å². The number of hydrogen-bond donors (Lipinski definition) is 0. The van der Waals surface area contributed by atoms with Gasteiger partial charge in [-0.25, -0.2) is 0 Å². The molecule has 0 aromatic carbocycles. The average Bonchev–Trinajstić information content (AvgIpc) is 2.87. The van der Waals surface area contributed by atoms with E-state index in [1.165, 1.54) is 6.08 Å². The van der Waals surface area contributed by atoms with Crippen LogP contribution in [0.1, 0.15) is 32.3 Å². The number of hydrogen-bond acceptors (Lipinski definition) is 6. The molecule has 0 atom stereocenters. The molecule has 2 heterocycles. The summed E-state index contributed by atoms with van der Waals surface area (Å²) in [7, 11) is 0. The van der Waals surface area contributed by atoms with Crippen LogP contribution in [0.2, 0.25) is 0 Å². The molecule has 0 spiro atoms. The normalized spacial score (nSPS) is 17.5. The highest BCUT2D eigenvalue weighted by molar-refractivity contribution is 8.18. The summed E-state index contributed by atoms with van der Waals surface area (Å²) >= 11 is 0.777. The van der Waals surface area contributed by atoms with Gasteiger partial charge in [-0.15, -0.1) is 0 Å². The zero-order chi connectivity index (χ0) is 16.5. The van der Waals surface area contributed by atoms with E-state index in [1.807, 2.05) is 0 Å². The summed E-state index contributed by atoms with van der Waals surface area (Å²) in [6, 6.07) is 3.47. The van der Waals surface area contributed by atoms with Crippen molar-refractivity contribution in [2.24, 2.45) is 0 Å². The fourth-order valence-electron chi connectivity index (χ4n) is 1.80. The molecule has 6 nitrogen and oxygen atoms in total. The van der Waals surface area contributed by atoms with Crippen LogP contribution in [0.15, 0.2) is 21.5 Å². The van der Waals surface area contributed by atoms with Gasteiger partial charge in [0.2, 0.25) is 0 Å². The highest BCUT2D eigenvalue weighted by Crippen LogP contribution is 2.32. The highest BCUT2D eigenvalue weighted by atomic mass is 32.2. The Morgan fingerprint density at radius 1 is 1.36 bits per heavy atom. The average molecular weight is 323 g/mol. The second-order valence-corrected chi connectivity index (χ2v) is 6.80. The molecule has 0 unspecified atom stereocenters. The van der Waals surface area contributed by atoms with Crippen molar-refractivity contribution in [3.63, 3.8) is 0 Å². The number of rotatable bonds is 3. The van der Waals surface area contributed by atoms with Gasteiger partial charge < -0.3 is 9.15 Å². The molecule has 0 N–H and O–H groups in total. The van der Waals surface area contributed by atoms with E-state index in [-0.39, 0.29) is 4.91 Å². The third kappa shape index (κ3) is 4.00. The maximum atomic E-state index is 12.2. The van der Waals surface area contributed by atoms with E-state index in [9.17, 15) is 14.4 Å². The lowest BCUT2D eigenvalue weighted by molar-refractivity contribution is -0.156. The summed E-state index contributed by atoms with van der Waals surface area (Å²) in [4.78, 5) is 36.9. The Bertz CT molecular complexity index is 653. The molecule has 22 heavy (non-hydrogen) atoms. The SMILES string of the molecule is Cc1ccc(C=C2SC(=O)N(CC(=O)OC(C)(C)C)C2=O)o1. The number of imide groups is 1. The predicted molar refractivity (Wildman–Crippen MR) is 82.0 cm³/mol. The number of carbonyl (C=O) groups excluding carboxylic acids is 3. The molecule has 118 valence electrons. The molecule has 1 aromatic heterocycles. The first-order valence-electron chi connectivity index (χ1n) is 6.69. The zero-order valence-electron chi connectivity index (χ0n) is 12.8. The fraction of sp³-hybridized carbons (Fsp3) is 0.400. The van der Waals surface area contributed by atoms with E-state index in [1.54, 1.807) is 39.8 Å². The van der Waals surface area contributed by atoms with Gasteiger partial charge in [0.15, 0.2) is 0 Å². The summed E-state index contributed by atoms with van der Waals surface area (Å²) in [5.74, 6) is 0.0549. The van der Waals surface area contributed by atoms with Crippen LogP contribution in [0.25, 0.3) is 6.08 Å². The highest BCUT2D eigenvalue weighted by Gasteiger charge is 2.37. The topological polar surface area (TPSA) is 76.8 Å². The van der Waals surface area contributed by atoms with Gasteiger partial charge in [-0.1, -0.05) is 0 Å². The number of ether oxygens (including phenoxy) is 1. The largest absolute Gasteiger partial charge is 0.462 e. The Hall–Kier alpha value is -2.02.